The first kappa shape index (κ1) is 44.0. The number of pyridine rings is 2. The lowest BCUT2D eigenvalue weighted by molar-refractivity contribution is -0.172. The van der Waals surface area contributed by atoms with Crippen LogP contribution in [-0.2, 0) is 39.5 Å². The van der Waals surface area contributed by atoms with Crippen molar-refractivity contribution in [2.45, 2.75) is 64.3 Å². The molecule has 0 radical (unpaired) electrons. The molecule has 2 amide bonds. The maximum Gasteiger partial charge on any atom is 0.343 e. The number of nitrogens with zero attached hydrogens (tertiary/aromatic N) is 5. The zero-order chi connectivity index (χ0) is 47.4. The summed E-state index contributed by atoms with van der Waals surface area (Å²) in [6, 6.07) is 12.5. The van der Waals surface area contributed by atoms with Gasteiger partial charge in [-0.2, -0.15) is 5.26 Å². The van der Waals surface area contributed by atoms with Crippen LogP contribution in [0.5, 0.6) is 11.5 Å². The van der Waals surface area contributed by atoms with Crippen molar-refractivity contribution in [1.82, 2.24) is 19.4 Å². The highest BCUT2D eigenvalue weighted by molar-refractivity contribution is 7.23. The fraction of sp³-hybridized carbons (Fsp3) is 0.306. The lowest BCUT2D eigenvalue weighted by Crippen LogP contribution is -2.64. The number of hydrogen-bond donors (Lipinski definition) is 2. The summed E-state index contributed by atoms with van der Waals surface area (Å²) in [5, 5.41) is 21.9. The maximum absolute atomic E-state index is 16.3. The van der Waals surface area contributed by atoms with E-state index in [4.69, 9.17) is 36.5 Å². The molecule has 10 rings (SSSR count). The molecule has 3 aromatic heterocycles. The van der Waals surface area contributed by atoms with Crippen molar-refractivity contribution in [2.24, 2.45) is 0 Å². The molecule has 342 valence electrons. The molecular weight excluding hydrogens is 906 g/mol. The van der Waals surface area contributed by atoms with Crippen LogP contribution in [0, 0.1) is 23.0 Å². The van der Waals surface area contributed by atoms with Gasteiger partial charge < -0.3 is 39.4 Å². The molecule has 18 heteroatoms. The maximum atomic E-state index is 16.3. The van der Waals surface area contributed by atoms with Crippen LogP contribution >= 0.6 is 22.9 Å². The van der Waals surface area contributed by atoms with Gasteiger partial charge in [0.05, 0.1) is 62.0 Å². The Morgan fingerprint density at radius 3 is 2.63 bits per heavy atom. The Balaban J connectivity index is 0.859. The number of esters is 1. The Bertz CT molecular complexity index is 3350. The quantitative estimate of drug-likeness (QED) is 0.120. The van der Waals surface area contributed by atoms with Crippen LogP contribution in [0.3, 0.4) is 0 Å². The first-order chi connectivity index (χ1) is 32.0. The highest BCUT2D eigenvalue weighted by Crippen LogP contribution is 2.48. The molecule has 2 atom stereocenters. The van der Waals surface area contributed by atoms with Gasteiger partial charge in [0.25, 0.3) is 17.4 Å². The van der Waals surface area contributed by atoms with Crippen molar-refractivity contribution in [1.29, 1.82) is 5.26 Å². The second-order valence-electron chi connectivity index (χ2n) is 17.4. The van der Waals surface area contributed by atoms with Gasteiger partial charge in [0.15, 0.2) is 11.4 Å². The number of benzene rings is 3. The molecule has 67 heavy (non-hydrogen) atoms. The van der Waals surface area contributed by atoms with E-state index in [1.165, 1.54) is 6.07 Å². The highest BCUT2D eigenvalue weighted by atomic mass is 35.5. The third-order valence-electron chi connectivity index (χ3n) is 13.6. The average molecular weight is 947 g/mol. The van der Waals surface area contributed by atoms with Gasteiger partial charge in [0.2, 0.25) is 0 Å². The Morgan fingerprint density at radius 1 is 1.09 bits per heavy atom. The van der Waals surface area contributed by atoms with E-state index in [9.17, 15) is 33.9 Å². The normalized spacial score (nSPS) is 19.6. The number of piperazine rings is 1. The summed E-state index contributed by atoms with van der Waals surface area (Å²) in [4.78, 5) is 62.8. The monoisotopic (exact) mass is 946 g/mol. The molecule has 4 aliphatic heterocycles. The minimum Gasteiger partial charge on any atom is -0.491 e. The lowest BCUT2D eigenvalue weighted by Gasteiger charge is -2.50. The van der Waals surface area contributed by atoms with E-state index >= 15 is 4.39 Å². The largest absolute Gasteiger partial charge is 0.491 e. The van der Waals surface area contributed by atoms with Crippen LogP contribution in [0.2, 0.25) is 5.02 Å². The van der Waals surface area contributed by atoms with Gasteiger partial charge in [0.1, 0.15) is 41.7 Å². The third kappa shape index (κ3) is 6.59. The summed E-state index contributed by atoms with van der Waals surface area (Å²) in [6.45, 7) is 9.85. The average Bonchev–Trinajstić information content (AvgIpc) is 3.86. The van der Waals surface area contributed by atoms with Crippen LogP contribution in [0.4, 0.5) is 13.8 Å². The molecule has 0 aliphatic carbocycles. The standard InChI is InChI=1S/C49H41ClF2N6O8S/c1-5-25-27-15-24(7-10-35(27)55-40-30(25)19-57-36(40)17-32-31(45(57)60)21-66-47(62)49(32,63)6-2)65-20-23(3)44(59)56-12-13-58-46(61)28-16-34(52)38(39(50)41(28)64-14-11-48(58,4)22-56)26-8-9-33(51)42-37(26)29(18-53)43(54)67-42/h7-10,15-17,63H,3,5-6,11-14,19-22,54H2,1-2,4H3/t48-,49-/m0/s1. The number of hydrogen-bond acceptors (Lipinski definition) is 12. The van der Waals surface area contributed by atoms with E-state index in [-0.39, 0.29) is 135 Å². The smallest absolute Gasteiger partial charge is 0.343 e. The number of aryl methyl sites for hydroxylation is 1. The number of nitrogens with two attached hydrogens (primary N) is 1. The van der Waals surface area contributed by atoms with Gasteiger partial charge in [-0.05, 0) is 67.3 Å². The SMILES string of the molecule is C=C(COc1ccc2nc3c(c(CC)c2c1)Cn1c-3cc2c(c1=O)COC(=O)[C@]2(O)CC)C(=O)N1CCN2C(=O)c3cc(F)c(-c4ccc(F)c5sc(N)c(C#N)c45)c(Cl)c3OCC[C@@]2(C)C1. The van der Waals surface area contributed by atoms with Crippen molar-refractivity contribution in [2.75, 3.05) is 38.6 Å². The van der Waals surface area contributed by atoms with Crippen molar-refractivity contribution in [3.05, 3.63) is 115 Å². The molecule has 1 fully saturated rings. The number of aromatic nitrogens is 2. The van der Waals surface area contributed by atoms with Crippen LogP contribution in [0.25, 0.3) is 43.5 Å². The Hall–Kier alpha value is -6.87. The zero-order valence-corrected chi connectivity index (χ0v) is 38.1. The molecule has 3 aromatic carbocycles. The Labute approximate surface area is 390 Å². The summed E-state index contributed by atoms with van der Waals surface area (Å²) >= 11 is 7.73. The van der Waals surface area contributed by atoms with Gasteiger partial charge in [-0.1, -0.05) is 38.1 Å². The van der Waals surface area contributed by atoms with Crippen molar-refractivity contribution < 1.29 is 42.5 Å². The summed E-state index contributed by atoms with van der Waals surface area (Å²) in [7, 11) is 0. The van der Waals surface area contributed by atoms with Crippen molar-refractivity contribution in [3.63, 3.8) is 0 Å². The minimum absolute atomic E-state index is 0.0106. The zero-order valence-electron chi connectivity index (χ0n) is 36.5. The molecule has 6 aromatic rings. The number of ether oxygens (including phenoxy) is 3. The molecule has 3 N–H and O–H groups in total. The van der Waals surface area contributed by atoms with Crippen molar-refractivity contribution in [3.8, 4) is 40.1 Å². The Kier molecular flexibility index (Phi) is 10.4. The van der Waals surface area contributed by atoms with Gasteiger partial charge in [0, 0.05) is 59.1 Å². The van der Waals surface area contributed by atoms with Crippen molar-refractivity contribution >= 4 is 66.7 Å². The molecule has 0 bridgehead atoms. The van der Waals surface area contributed by atoms with E-state index in [1.54, 1.807) is 39.5 Å². The number of nitriles is 1. The van der Waals surface area contributed by atoms with Gasteiger partial charge in [-0.25, -0.2) is 18.6 Å². The van der Waals surface area contributed by atoms with Crippen LogP contribution in [0.1, 0.15) is 71.8 Å². The molecule has 14 nitrogen and oxygen atoms in total. The highest BCUT2D eigenvalue weighted by Gasteiger charge is 2.47. The van der Waals surface area contributed by atoms with Crippen LogP contribution < -0.4 is 20.8 Å². The number of carbonyl (C=O) groups is 3. The van der Waals surface area contributed by atoms with Crippen LogP contribution in [-0.4, -0.2) is 80.6 Å². The molecule has 7 heterocycles. The third-order valence-corrected chi connectivity index (χ3v) is 15.0. The number of carbonyl (C=O) groups excluding carboxylic acids is 3. The molecule has 0 saturated carbocycles. The molecular formula is C49H41ClF2N6O8S. The van der Waals surface area contributed by atoms with Gasteiger partial charge in [-0.15, -0.1) is 11.3 Å². The molecule has 1 saturated heterocycles. The fourth-order valence-corrected chi connectivity index (χ4v) is 11.4. The number of nitrogen functional groups attached to an aromatic ring is 1. The summed E-state index contributed by atoms with van der Waals surface area (Å²) in [6.07, 6.45) is 0.913. The fourth-order valence-electron chi connectivity index (χ4n) is 10.1. The molecule has 0 spiro atoms. The number of cyclic esters (lactones) is 1. The van der Waals surface area contributed by atoms with E-state index in [2.05, 4.69) is 6.58 Å². The lowest BCUT2D eigenvalue weighted by atomic mass is 9.86. The first-order valence-electron chi connectivity index (χ1n) is 21.6. The summed E-state index contributed by atoms with van der Waals surface area (Å²) in [5.41, 5.74) is 6.87. The predicted octanol–water partition coefficient (Wildman–Crippen LogP) is 7.37. The van der Waals surface area contributed by atoms with E-state index in [0.29, 0.717) is 29.1 Å². The molecule has 4 aliphatic rings. The van der Waals surface area contributed by atoms with E-state index in [0.717, 1.165) is 40.0 Å². The van der Waals surface area contributed by atoms with Gasteiger partial charge >= 0.3 is 5.97 Å². The number of amides is 2. The summed E-state index contributed by atoms with van der Waals surface area (Å²) in [5.74, 6) is -2.80. The van der Waals surface area contributed by atoms with E-state index in [1.807, 2.05) is 26.0 Å². The predicted molar refractivity (Wildman–Crippen MR) is 246 cm³/mol. The number of aliphatic hydroxyl groups is 1. The van der Waals surface area contributed by atoms with Crippen LogP contribution in [0.15, 0.2) is 59.4 Å². The number of halogens is 3. The first-order valence-corrected chi connectivity index (χ1v) is 22.8. The number of rotatable bonds is 7. The summed E-state index contributed by atoms with van der Waals surface area (Å²) < 4.78 is 50.3. The minimum atomic E-state index is -1.94. The second-order valence-corrected chi connectivity index (χ2v) is 18.8. The topological polar surface area (TPSA) is 190 Å². The Morgan fingerprint density at radius 2 is 1.88 bits per heavy atom. The number of anilines is 1. The second kappa shape index (κ2) is 15.9. The number of fused-ring (bicyclic) bond motifs is 8. The number of thiophene rings is 1. The van der Waals surface area contributed by atoms with Gasteiger partial charge in [-0.3, -0.25) is 14.4 Å². The molecule has 0 unspecified atom stereocenters. The van der Waals surface area contributed by atoms with E-state index < -0.39 is 34.7 Å².